The smallest absolute Gasteiger partial charge is 0.310 e. The first kappa shape index (κ1) is 12.8. The first-order valence-corrected chi connectivity index (χ1v) is 6.27. The molecule has 1 heterocycles. The fraction of sp³-hybridized carbons (Fsp3) is 0.400. The van der Waals surface area contributed by atoms with Crippen LogP contribution in [0.25, 0.3) is 6.08 Å². The van der Waals surface area contributed by atoms with Crippen LogP contribution in [0.4, 0.5) is 0 Å². The minimum atomic E-state index is -0.683. The van der Waals surface area contributed by atoms with E-state index < -0.39 is 11.4 Å². The van der Waals surface area contributed by atoms with Crippen molar-refractivity contribution in [2.24, 2.45) is 5.41 Å². The molecule has 0 radical (unpaired) electrons. The molecule has 0 bridgehead atoms. The van der Waals surface area contributed by atoms with Gasteiger partial charge in [0.2, 0.25) is 0 Å². The van der Waals surface area contributed by atoms with E-state index >= 15 is 0 Å². The van der Waals surface area contributed by atoms with Gasteiger partial charge in [0.15, 0.2) is 0 Å². The Hall–Kier alpha value is -1.61. The Labute approximate surface area is 108 Å². The summed E-state index contributed by atoms with van der Waals surface area (Å²) in [5.74, 6) is -0.683. The number of benzene rings is 1. The lowest BCUT2D eigenvalue weighted by atomic mass is 9.90. The summed E-state index contributed by atoms with van der Waals surface area (Å²) in [6, 6.07) is 10.1. The Morgan fingerprint density at radius 3 is 2.78 bits per heavy atom. The summed E-state index contributed by atoms with van der Waals surface area (Å²) in [5.41, 5.74) is 0.610. The number of rotatable bonds is 4. The summed E-state index contributed by atoms with van der Waals surface area (Å²) < 4.78 is 0. The SMILES string of the molecule is CC1(C(=O)O)CCN(CC=Cc2ccccc2)C1. The molecule has 1 fully saturated rings. The normalized spacial score (nSPS) is 24.7. The number of hydrogen-bond donors (Lipinski definition) is 1. The number of aliphatic carboxylic acids is 1. The molecule has 2 rings (SSSR count). The second kappa shape index (κ2) is 5.36. The number of carboxylic acids is 1. The number of nitrogens with zero attached hydrogens (tertiary/aromatic N) is 1. The maximum absolute atomic E-state index is 11.1. The van der Waals surface area contributed by atoms with E-state index in [0.29, 0.717) is 6.54 Å². The molecule has 18 heavy (non-hydrogen) atoms. The van der Waals surface area contributed by atoms with E-state index in [-0.39, 0.29) is 0 Å². The van der Waals surface area contributed by atoms with Crippen molar-refractivity contribution in [2.45, 2.75) is 13.3 Å². The van der Waals surface area contributed by atoms with Crippen LogP contribution in [0.3, 0.4) is 0 Å². The van der Waals surface area contributed by atoms with Gasteiger partial charge in [0, 0.05) is 13.1 Å². The van der Waals surface area contributed by atoms with Crippen molar-refractivity contribution < 1.29 is 9.90 Å². The Morgan fingerprint density at radius 2 is 2.17 bits per heavy atom. The molecule has 0 amide bonds. The quantitative estimate of drug-likeness (QED) is 0.886. The van der Waals surface area contributed by atoms with Gasteiger partial charge in [-0.2, -0.15) is 0 Å². The zero-order valence-corrected chi connectivity index (χ0v) is 10.7. The molecule has 1 aliphatic rings. The van der Waals surface area contributed by atoms with Crippen LogP contribution in [0.2, 0.25) is 0 Å². The second-order valence-electron chi connectivity index (χ2n) is 5.16. The molecule has 0 aliphatic carbocycles. The fourth-order valence-corrected chi connectivity index (χ4v) is 2.29. The molecule has 0 aromatic heterocycles. The molecule has 1 saturated heterocycles. The summed E-state index contributed by atoms with van der Waals surface area (Å²) in [7, 11) is 0. The average Bonchev–Trinajstić information content (AvgIpc) is 2.74. The highest BCUT2D eigenvalue weighted by molar-refractivity contribution is 5.74. The van der Waals surface area contributed by atoms with Crippen LogP contribution >= 0.6 is 0 Å². The van der Waals surface area contributed by atoms with E-state index in [0.717, 1.165) is 19.5 Å². The molecule has 0 saturated carbocycles. The molecule has 3 nitrogen and oxygen atoms in total. The second-order valence-corrected chi connectivity index (χ2v) is 5.16. The van der Waals surface area contributed by atoms with Crippen molar-refractivity contribution in [2.75, 3.05) is 19.6 Å². The van der Waals surface area contributed by atoms with E-state index in [4.69, 9.17) is 5.11 Å². The molecular weight excluding hydrogens is 226 g/mol. The van der Waals surface area contributed by atoms with Gasteiger partial charge in [-0.3, -0.25) is 9.69 Å². The van der Waals surface area contributed by atoms with Gasteiger partial charge in [0.1, 0.15) is 0 Å². The standard InChI is InChI=1S/C15H19NO2/c1-15(14(17)18)9-11-16(12-15)10-5-8-13-6-3-2-4-7-13/h2-8H,9-12H2,1H3,(H,17,18). The highest BCUT2D eigenvalue weighted by atomic mass is 16.4. The lowest BCUT2D eigenvalue weighted by Gasteiger charge is -2.18. The van der Waals surface area contributed by atoms with E-state index in [2.05, 4.69) is 29.2 Å². The minimum absolute atomic E-state index is 0.569. The van der Waals surface area contributed by atoms with Crippen LogP contribution in [0.1, 0.15) is 18.9 Å². The monoisotopic (exact) mass is 245 g/mol. The number of likely N-dealkylation sites (tertiary alicyclic amines) is 1. The van der Waals surface area contributed by atoms with Crippen molar-refractivity contribution in [3.8, 4) is 0 Å². The molecule has 96 valence electrons. The van der Waals surface area contributed by atoms with Gasteiger partial charge in [-0.15, -0.1) is 0 Å². The number of carbonyl (C=O) groups is 1. The number of hydrogen-bond acceptors (Lipinski definition) is 2. The zero-order valence-electron chi connectivity index (χ0n) is 10.7. The molecule has 1 aromatic rings. The summed E-state index contributed by atoms with van der Waals surface area (Å²) in [6.45, 7) is 4.15. The largest absolute Gasteiger partial charge is 0.481 e. The first-order valence-electron chi connectivity index (χ1n) is 6.27. The van der Waals surface area contributed by atoms with Crippen molar-refractivity contribution in [1.29, 1.82) is 0 Å². The fourth-order valence-electron chi connectivity index (χ4n) is 2.29. The molecular formula is C15H19NO2. The van der Waals surface area contributed by atoms with E-state index in [1.807, 2.05) is 25.1 Å². The third-order valence-corrected chi connectivity index (χ3v) is 3.54. The van der Waals surface area contributed by atoms with Gasteiger partial charge < -0.3 is 5.11 Å². The van der Waals surface area contributed by atoms with E-state index in [9.17, 15) is 4.79 Å². The Bertz CT molecular complexity index is 441. The Kier molecular flexibility index (Phi) is 3.82. The Balaban J connectivity index is 1.86. The summed E-state index contributed by atoms with van der Waals surface area (Å²) in [4.78, 5) is 13.3. The molecule has 1 aliphatic heterocycles. The molecule has 1 unspecified atom stereocenters. The zero-order chi connectivity index (χ0) is 13.0. The molecule has 1 atom stereocenters. The van der Waals surface area contributed by atoms with Crippen LogP contribution in [-0.2, 0) is 4.79 Å². The van der Waals surface area contributed by atoms with Gasteiger partial charge >= 0.3 is 5.97 Å². The molecule has 1 N–H and O–H groups in total. The minimum Gasteiger partial charge on any atom is -0.481 e. The molecule has 3 heteroatoms. The first-order chi connectivity index (χ1) is 8.60. The summed E-state index contributed by atoms with van der Waals surface area (Å²) >= 11 is 0. The van der Waals surface area contributed by atoms with Gasteiger partial charge in [0.25, 0.3) is 0 Å². The lowest BCUT2D eigenvalue weighted by Crippen LogP contribution is -2.31. The van der Waals surface area contributed by atoms with Crippen molar-refractivity contribution in [3.63, 3.8) is 0 Å². The van der Waals surface area contributed by atoms with E-state index in [1.54, 1.807) is 0 Å². The maximum atomic E-state index is 11.1. The maximum Gasteiger partial charge on any atom is 0.310 e. The van der Waals surface area contributed by atoms with Gasteiger partial charge in [-0.25, -0.2) is 0 Å². The summed E-state index contributed by atoms with van der Waals surface area (Å²) in [5, 5.41) is 9.15. The van der Waals surface area contributed by atoms with Crippen LogP contribution in [0.5, 0.6) is 0 Å². The highest BCUT2D eigenvalue weighted by Gasteiger charge is 2.39. The lowest BCUT2D eigenvalue weighted by molar-refractivity contribution is -0.147. The highest BCUT2D eigenvalue weighted by Crippen LogP contribution is 2.29. The van der Waals surface area contributed by atoms with Crippen LogP contribution in [0, 0.1) is 5.41 Å². The molecule has 1 aromatic carbocycles. The van der Waals surface area contributed by atoms with E-state index in [1.165, 1.54) is 5.56 Å². The summed E-state index contributed by atoms with van der Waals surface area (Å²) in [6.07, 6.45) is 4.92. The predicted octanol–water partition coefficient (Wildman–Crippen LogP) is 2.50. The predicted molar refractivity (Wildman–Crippen MR) is 72.3 cm³/mol. The van der Waals surface area contributed by atoms with Crippen LogP contribution in [0.15, 0.2) is 36.4 Å². The van der Waals surface area contributed by atoms with Gasteiger partial charge in [-0.05, 0) is 25.5 Å². The third-order valence-electron chi connectivity index (χ3n) is 3.54. The third kappa shape index (κ3) is 2.99. The van der Waals surface area contributed by atoms with Crippen LogP contribution in [-0.4, -0.2) is 35.6 Å². The topological polar surface area (TPSA) is 40.5 Å². The van der Waals surface area contributed by atoms with Gasteiger partial charge in [-0.1, -0.05) is 42.5 Å². The average molecular weight is 245 g/mol. The van der Waals surface area contributed by atoms with Crippen molar-refractivity contribution in [3.05, 3.63) is 42.0 Å². The number of carboxylic acid groups (broad SMARTS) is 1. The van der Waals surface area contributed by atoms with Crippen molar-refractivity contribution in [1.82, 2.24) is 4.90 Å². The van der Waals surface area contributed by atoms with Gasteiger partial charge in [0.05, 0.1) is 5.41 Å². The Morgan fingerprint density at radius 1 is 1.44 bits per heavy atom. The van der Waals surface area contributed by atoms with Crippen molar-refractivity contribution >= 4 is 12.0 Å². The molecule has 0 spiro atoms. The van der Waals surface area contributed by atoms with Crippen LogP contribution < -0.4 is 0 Å².